The summed E-state index contributed by atoms with van der Waals surface area (Å²) >= 11 is 5.96. The van der Waals surface area contributed by atoms with Crippen LogP contribution in [0.15, 0.2) is 47.6 Å². The number of nitrogens with one attached hydrogen (secondary N) is 1. The summed E-state index contributed by atoms with van der Waals surface area (Å²) in [6.07, 6.45) is 0. The Kier molecular flexibility index (Phi) is 5.17. The van der Waals surface area contributed by atoms with Crippen LogP contribution in [0.2, 0.25) is 5.02 Å². The number of methoxy groups -OCH3 is 2. The van der Waals surface area contributed by atoms with Crippen LogP contribution in [-0.2, 0) is 16.4 Å². The third kappa shape index (κ3) is 3.61. The van der Waals surface area contributed by atoms with E-state index in [0.717, 1.165) is 0 Å². The highest BCUT2D eigenvalue weighted by Crippen LogP contribution is 2.32. The normalized spacial score (nSPS) is 14.2. The number of benzene rings is 2. The molecule has 156 valence electrons. The monoisotopic (exact) mass is 447 g/mol. The van der Waals surface area contributed by atoms with Gasteiger partial charge in [-0.1, -0.05) is 23.7 Å². The number of hydrogen-bond donors (Lipinski definition) is 1. The van der Waals surface area contributed by atoms with Gasteiger partial charge in [-0.05, 0) is 12.1 Å². The lowest BCUT2D eigenvalue weighted by atomic mass is 10.1. The fraction of sp³-hybridized carbons (Fsp3) is 0.200. The Hall–Kier alpha value is -3.04. The van der Waals surface area contributed by atoms with E-state index >= 15 is 0 Å². The Bertz CT molecular complexity index is 1210. The molecule has 0 spiro atoms. The fourth-order valence-corrected chi connectivity index (χ4v) is 4.77. The van der Waals surface area contributed by atoms with Crippen molar-refractivity contribution in [3.05, 3.63) is 53.2 Å². The number of ether oxygens (including phenoxy) is 2. The van der Waals surface area contributed by atoms with E-state index in [-0.39, 0.29) is 28.8 Å². The van der Waals surface area contributed by atoms with Gasteiger partial charge in [0.2, 0.25) is 15.0 Å². The molecule has 1 N–H and O–H groups in total. The summed E-state index contributed by atoms with van der Waals surface area (Å²) in [4.78, 5) is 17.5. The van der Waals surface area contributed by atoms with E-state index in [1.165, 1.54) is 18.8 Å². The van der Waals surface area contributed by atoms with Crippen molar-refractivity contribution < 1.29 is 22.7 Å². The van der Waals surface area contributed by atoms with Gasteiger partial charge >= 0.3 is 0 Å². The molecule has 0 unspecified atom stereocenters. The fourth-order valence-electron chi connectivity index (χ4n) is 3.29. The van der Waals surface area contributed by atoms with Gasteiger partial charge in [0.1, 0.15) is 22.9 Å². The van der Waals surface area contributed by atoms with E-state index in [1.54, 1.807) is 42.5 Å². The summed E-state index contributed by atoms with van der Waals surface area (Å²) < 4.78 is 36.7. The predicted molar refractivity (Wildman–Crippen MR) is 112 cm³/mol. The molecule has 0 saturated carbocycles. The summed E-state index contributed by atoms with van der Waals surface area (Å²) in [6, 6.07) is 11.7. The quantitative estimate of drug-likeness (QED) is 0.644. The Morgan fingerprint density at radius 2 is 1.73 bits per heavy atom. The van der Waals surface area contributed by atoms with Crippen molar-refractivity contribution >= 4 is 33.0 Å². The molecule has 0 radical (unpaired) electrons. The van der Waals surface area contributed by atoms with E-state index in [1.807, 2.05) is 0 Å². The molecule has 4 rings (SSSR count). The number of carbonyl (C=O) groups excluding carboxylic acids is 1. The highest BCUT2D eigenvalue weighted by molar-refractivity contribution is 7.91. The zero-order chi connectivity index (χ0) is 21.5. The standard InChI is InChI=1S/C20H18ClN3O5S/c1-28-15-9-14(10-16(11-15)29-2)22-19(25)18-17(12-3-5-13(21)6-4-12)23-20-24(18)7-8-30(20,26)27/h3-6,9-11H,7-8H2,1-2H3,(H,22,25). The minimum atomic E-state index is -3.55. The van der Waals surface area contributed by atoms with Gasteiger partial charge in [-0.3, -0.25) is 4.79 Å². The van der Waals surface area contributed by atoms with Gasteiger partial charge in [-0.15, -0.1) is 0 Å². The molecule has 0 saturated heterocycles. The minimum absolute atomic E-state index is 0.0938. The first-order chi connectivity index (χ1) is 14.3. The lowest BCUT2D eigenvalue weighted by molar-refractivity contribution is 0.101. The molecule has 1 aliphatic heterocycles. The van der Waals surface area contributed by atoms with E-state index < -0.39 is 15.7 Å². The molecule has 8 nitrogen and oxygen atoms in total. The first-order valence-electron chi connectivity index (χ1n) is 8.96. The molecular weight excluding hydrogens is 430 g/mol. The number of imidazole rings is 1. The first-order valence-corrected chi connectivity index (χ1v) is 11.0. The highest BCUT2D eigenvalue weighted by Gasteiger charge is 2.35. The molecule has 2 heterocycles. The van der Waals surface area contributed by atoms with Crippen LogP contribution in [0.1, 0.15) is 10.5 Å². The highest BCUT2D eigenvalue weighted by atomic mass is 35.5. The van der Waals surface area contributed by atoms with Gasteiger partial charge in [-0.2, -0.15) is 0 Å². The van der Waals surface area contributed by atoms with Gasteiger partial charge in [0, 0.05) is 41.0 Å². The number of anilines is 1. The van der Waals surface area contributed by atoms with Crippen molar-refractivity contribution in [2.45, 2.75) is 11.7 Å². The zero-order valence-electron chi connectivity index (χ0n) is 16.2. The first kappa shape index (κ1) is 20.2. The molecular formula is C20H18ClN3O5S. The predicted octanol–water partition coefficient (Wildman–Crippen LogP) is 3.26. The maximum atomic E-state index is 13.2. The van der Waals surface area contributed by atoms with Crippen LogP contribution < -0.4 is 14.8 Å². The van der Waals surface area contributed by atoms with Crippen LogP contribution in [0.25, 0.3) is 11.3 Å². The number of hydrogen-bond acceptors (Lipinski definition) is 6. The summed E-state index contributed by atoms with van der Waals surface area (Å²) in [6.45, 7) is 0.155. The zero-order valence-corrected chi connectivity index (χ0v) is 17.7. The smallest absolute Gasteiger partial charge is 0.274 e. The van der Waals surface area contributed by atoms with E-state index in [0.29, 0.717) is 27.8 Å². The van der Waals surface area contributed by atoms with Crippen LogP contribution in [0.3, 0.4) is 0 Å². The maximum absolute atomic E-state index is 13.2. The van der Waals surface area contributed by atoms with Crippen LogP contribution in [-0.4, -0.2) is 43.8 Å². The largest absolute Gasteiger partial charge is 0.497 e. The number of fused-ring (bicyclic) bond motifs is 1. The van der Waals surface area contributed by atoms with Gasteiger partial charge < -0.3 is 19.4 Å². The summed E-state index contributed by atoms with van der Waals surface area (Å²) in [7, 11) is -0.530. The van der Waals surface area contributed by atoms with E-state index in [2.05, 4.69) is 10.3 Å². The van der Waals surface area contributed by atoms with Gasteiger partial charge in [-0.25, -0.2) is 13.4 Å². The molecule has 2 aromatic carbocycles. The Labute approximate surface area is 178 Å². The SMILES string of the molecule is COc1cc(NC(=O)c2c(-c3ccc(Cl)cc3)nc3n2CCS3(=O)=O)cc(OC)c1. The van der Waals surface area contributed by atoms with Gasteiger partial charge in [0.05, 0.1) is 20.0 Å². The average molecular weight is 448 g/mol. The van der Waals surface area contributed by atoms with Crippen molar-refractivity contribution in [1.29, 1.82) is 0 Å². The second-order valence-corrected chi connectivity index (χ2v) is 9.06. The second kappa shape index (κ2) is 7.66. The molecule has 0 atom stereocenters. The van der Waals surface area contributed by atoms with Crippen molar-refractivity contribution in [1.82, 2.24) is 9.55 Å². The van der Waals surface area contributed by atoms with E-state index in [4.69, 9.17) is 21.1 Å². The number of halogens is 1. The lowest BCUT2D eigenvalue weighted by Crippen LogP contribution is -2.18. The van der Waals surface area contributed by atoms with Crippen LogP contribution in [0.4, 0.5) is 5.69 Å². The van der Waals surface area contributed by atoms with Crippen LogP contribution >= 0.6 is 11.6 Å². The number of carbonyl (C=O) groups is 1. The molecule has 10 heteroatoms. The summed E-state index contributed by atoms with van der Waals surface area (Å²) in [5, 5.41) is 3.20. The third-order valence-corrected chi connectivity index (χ3v) is 6.58. The number of sulfone groups is 1. The molecule has 1 amide bonds. The molecule has 1 aliphatic rings. The number of amides is 1. The number of rotatable bonds is 5. The topological polar surface area (TPSA) is 99.5 Å². The van der Waals surface area contributed by atoms with Crippen molar-refractivity contribution in [3.63, 3.8) is 0 Å². The Morgan fingerprint density at radius 1 is 1.10 bits per heavy atom. The molecule has 1 aromatic heterocycles. The number of aromatic nitrogens is 2. The van der Waals surface area contributed by atoms with Crippen molar-refractivity contribution in [3.8, 4) is 22.8 Å². The maximum Gasteiger partial charge on any atom is 0.274 e. The minimum Gasteiger partial charge on any atom is -0.497 e. The summed E-state index contributed by atoms with van der Waals surface area (Å²) in [5.41, 5.74) is 1.46. The Balaban J connectivity index is 1.80. The average Bonchev–Trinajstić information content (AvgIpc) is 3.25. The lowest BCUT2D eigenvalue weighted by Gasteiger charge is -2.11. The molecule has 3 aromatic rings. The van der Waals surface area contributed by atoms with Crippen LogP contribution in [0.5, 0.6) is 11.5 Å². The second-order valence-electron chi connectivity index (χ2n) is 6.62. The van der Waals surface area contributed by atoms with Crippen molar-refractivity contribution in [2.24, 2.45) is 0 Å². The summed E-state index contributed by atoms with van der Waals surface area (Å²) in [5.74, 6) is 0.419. The van der Waals surface area contributed by atoms with Crippen molar-refractivity contribution in [2.75, 3.05) is 25.3 Å². The van der Waals surface area contributed by atoms with Crippen LogP contribution in [0, 0.1) is 0 Å². The van der Waals surface area contributed by atoms with E-state index in [9.17, 15) is 13.2 Å². The molecule has 30 heavy (non-hydrogen) atoms. The molecule has 0 fully saturated rings. The third-order valence-electron chi connectivity index (χ3n) is 4.74. The van der Waals surface area contributed by atoms with Gasteiger partial charge in [0.15, 0.2) is 0 Å². The Morgan fingerprint density at radius 3 is 2.33 bits per heavy atom. The molecule has 0 aliphatic carbocycles. The number of nitrogens with zero attached hydrogens (tertiary/aromatic N) is 2. The molecule has 0 bridgehead atoms. The van der Waals surface area contributed by atoms with Gasteiger partial charge in [0.25, 0.3) is 5.91 Å².